The Morgan fingerprint density at radius 1 is 1.16 bits per heavy atom. The second-order valence-corrected chi connectivity index (χ2v) is 8.13. The molecule has 0 radical (unpaired) electrons. The van der Waals surface area contributed by atoms with E-state index in [-0.39, 0.29) is 17.6 Å². The molecule has 3 rings (SSSR count). The molecule has 0 fully saturated rings. The Bertz CT molecular complexity index is 876. The number of hydrogen-bond donors (Lipinski definition) is 2. The van der Waals surface area contributed by atoms with Gasteiger partial charge in [0.15, 0.2) is 4.34 Å². The van der Waals surface area contributed by atoms with Gasteiger partial charge >= 0.3 is 0 Å². The number of carbonyl (C=O) groups is 2. The van der Waals surface area contributed by atoms with Crippen molar-refractivity contribution < 1.29 is 9.59 Å². The summed E-state index contributed by atoms with van der Waals surface area (Å²) >= 11 is 3.91. The molecule has 2 N–H and O–H groups in total. The summed E-state index contributed by atoms with van der Waals surface area (Å²) in [4.78, 5) is 24.6. The number of aromatic nitrogens is 2. The maximum absolute atomic E-state index is 12.1. The van der Waals surface area contributed by atoms with E-state index in [4.69, 9.17) is 0 Å². The third-order valence-electron chi connectivity index (χ3n) is 2.97. The van der Waals surface area contributed by atoms with E-state index >= 15 is 0 Å². The van der Waals surface area contributed by atoms with Crippen LogP contribution >= 0.6 is 34.4 Å². The maximum Gasteiger partial charge on any atom is 0.267 e. The van der Waals surface area contributed by atoms with Crippen LogP contribution in [0.3, 0.4) is 0 Å². The number of hydrogen-bond acceptors (Lipinski definition) is 7. The fourth-order valence-electron chi connectivity index (χ4n) is 1.87. The van der Waals surface area contributed by atoms with Crippen molar-refractivity contribution >= 4 is 57.1 Å². The van der Waals surface area contributed by atoms with Gasteiger partial charge in [-0.2, -0.15) is 0 Å². The molecule has 0 aliphatic carbocycles. The first-order chi connectivity index (χ1) is 12.1. The lowest BCUT2D eigenvalue weighted by atomic mass is 10.3. The van der Waals surface area contributed by atoms with E-state index in [2.05, 4.69) is 20.8 Å². The number of rotatable bonds is 6. The van der Waals surface area contributed by atoms with Gasteiger partial charge in [-0.3, -0.25) is 14.9 Å². The summed E-state index contributed by atoms with van der Waals surface area (Å²) < 4.78 is 0.626. The van der Waals surface area contributed by atoms with E-state index in [1.165, 1.54) is 34.4 Å². The molecule has 9 heteroatoms. The molecule has 6 nitrogen and oxygen atoms in total. The van der Waals surface area contributed by atoms with Crippen molar-refractivity contribution in [2.75, 3.05) is 16.4 Å². The number of aryl methyl sites for hydroxylation is 1. The standard InChI is InChI=1S/C16H14N4O2S3/c1-10-7-12(23-8-10)14(22)18-15-19-20-16(25-15)24-9-13(21)17-11-5-3-2-4-6-11/h2-8H,9H2,1H3,(H,17,21)(H,18,19,22). The van der Waals surface area contributed by atoms with Crippen molar-refractivity contribution in [3.05, 3.63) is 52.2 Å². The minimum Gasteiger partial charge on any atom is -0.325 e. The molecule has 2 aromatic heterocycles. The molecule has 128 valence electrons. The number of thioether (sulfide) groups is 1. The van der Waals surface area contributed by atoms with Gasteiger partial charge in [0.1, 0.15) is 0 Å². The Balaban J connectivity index is 1.50. The Morgan fingerprint density at radius 3 is 2.68 bits per heavy atom. The van der Waals surface area contributed by atoms with Crippen LogP contribution in [-0.4, -0.2) is 27.8 Å². The molecule has 0 aliphatic heterocycles. The van der Waals surface area contributed by atoms with Crippen LogP contribution in [-0.2, 0) is 4.79 Å². The van der Waals surface area contributed by atoms with E-state index in [0.717, 1.165) is 11.3 Å². The number of benzene rings is 1. The molecule has 0 atom stereocenters. The van der Waals surface area contributed by atoms with E-state index in [0.29, 0.717) is 14.3 Å². The zero-order chi connectivity index (χ0) is 17.6. The van der Waals surface area contributed by atoms with E-state index < -0.39 is 0 Å². The first-order valence-corrected chi connectivity index (χ1v) is 9.96. The second-order valence-electron chi connectivity index (χ2n) is 5.02. The number of anilines is 2. The first-order valence-electron chi connectivity index (χ1n) is 7.28. The van der Waals surface area contributed by atoms with E-state index in [9.17, 15) is 9.59 Å². The third kappa shape index (κ3) is 5.12. The Hall–Kier alpha value is -2.23. The van der Waals surface area contributed by atoms with Crippen molar-refractivity contribution in [1.82, 2.24) is 10.2 Å². The lowest BCUT2D eigenvalue weighted by Crippen LogP contribution is -2.13. The summed E-state index contributed by atoms with van der Waals surface area (Å²) in [6.45, 7) is 1.94. The Kier molecular flexibility index (Phi) is 5.79. The summed E-state index contributed by atoms with van der Waals surface area (Å²) in [7, 11) is 0. The highest BCUT2D eigenvalue weighted by Crippen LogP contribution is 2.26. The summed E-state index contributed by atoms with van der Waals surface area (Å²) in [6, 6.07) is 11.1. The highest BCUT2D eigenvalue weighted by Gasteiger charge is 2.13. The van der Waals surface area contributed by atoms with Gasteiger partial charge in [-0.1, -0.05) is 41.3 Å². The maximum atomic E-state index is 12.1. The molecule has 0 spiro atoms. The number of nitrogens with one attached hydrogen (secondary N) is 2. The van der Waals surface area contributed by atoms with Gasteiger partial charge in [-0.15, -0.1) is 21.5 Å². The first kappa shape index (κ1) is 17.6. The van der Waals surface area contributed by atoms with Gasteiger partial charge in [0.05, 0.1) is 10.6 Å². The van der Waals surface area contributed by atoms with Crippen molar-refractivity contribution in [1.29, 1.82) is 0 Å². The molecule has 0 unspecified atom stereocenters. The highest BCUT2D eigenvalue weighted by atomic mass is 32.2. The fourth-order valence-corrected chi connectivity index (χ4v) is 4.21. The molecule has 0 saturated heterocycles. The quantitative estimate of drug-likeness (QED) is 0.493. The zero-order valence-electron chi connectivity index (χ0n) is 13.2. The lowest BCUT2D eigenvalue weighted by molar-refractivity contribution is -0.113. The molecule has 3 aromatic rings. The SMILES string of the molecule is Cc1csc(C(=O)Nc2nnc(SCC(=O)Nc3ccccc3)s2)c1. The predicted molar refractivity (Wildman–Crippen MR) is 103 cm³/mol. The Labute approximate surface area is 156 Å². The van der Waals surface area contributed by atoms with Gasteiger partial charge < -0.3 is 5.32 Å². The minimum absolute atomic E-state index is 0.119. The summed E-state index contributed by atoms with van der Waals surface area (Å²) in [5.41, 5.74) is 1.80. The van der Waals surface area contributed by atoms with Gasteiger partial charge in [0, 0.05) is 5.69 Å². The fraction of sp³-hybridized carbons (Fsp3) is 0.125. The summed E-state index contributed by atoms with van der Waals surface area (Å²) in [5, 5.41) is 15.8. The van der Waals surface area contributed by atoms with Crippen LogP contribution in [0.1, 0.15) is 15.2 Å². The van der Waals surface area contributed by atoms with Crippen molar-refractivity contribution in [3.63, 3.8) is 0 Å². The molecular weight excluding hydrogens is 376 g/mol. The van der Waals surface area contributed by atoms with Gasteiger partial charge in [-0.05, 0) is 36.1 Å². The van der Waals surface area contributed by atoms with E-state index in [1.54, 1.807) is 0 Å². The molecule has 0 saturated carbocycles. The minimum atomic E-state index is -0.201. The third-order valence-corrected chi connectivity index (χ3v) is 5.98. The highest BCUT2D eigenvalue weighted by molar-refractivity contribution is 8.01. The molecule has 0 aliphatic rings. The van der Waals surface area contributed by atoms with Crippen LogP contribution in [0.2, 0.25) is 0 Å². The zero-order valence-corrected chi connectivity index (χ0v) is 15.6. The van der Waals surface area contributed by atoms with Crippen molar-refractivity contribution in [2.45, 2.75) is 11.3 Å². The molecule has 2 heterocycles. The van der Waals surface area contributed by atoms with Gasteiger partial charge in [0.2, 0.25) is 11.0 Å². The number of nitrogens with zero attached hydrogens (tertiary/aromatic N) is 2. The molecule has 25 heavy (non-hydrogen) atoms. The second kappa shape index (κ2) is 8.24. The number of para-hydroxylation sites is 1. The molecule has 0 bridgehead atoms. The van der Waals surface area contributed by atoms with Gasteiger partial charge in [-0.25, -0.2) is 0 Å². The normalized spacial score (nSPS) is 10.4. The summed E-state index contributed by atoms with van der Waals surface area (Å²) in [6.07, 6.45) is 0. The van der Waals surface area contributed by atoms with Crippen LogP contribution in [0.4, 0.5) is 10.8 Å². The monoisotopic (exact) mass is 390 g/mol. The van der Waals surface area contributed by atoms with Crippen LogP contribution in [0, 0.1) is 6.92 Å². The average molecular weight is 391 g/mol. The van der Waals surface area contributed by atoms with Crippen LogP contribution in [0.5, 0.6) is 0 Å². The predicted octanol–water partition coefficient (Wildman–Crippen LogP) is 3.89. The average Bonchev–Trinajstić information content (AvgIpc) is 3.23. The van der Waals surface area contributed by atoms with Crippen LogP contribution in [0.15, 0.2) is 46.1 Å². The van der Waals surface area contributed by atoms with Crippen LogP contribution < -0.4 is 10.6 Å². The lowest BCUT2D eigenvalue weighted by Gasteiger charge is -2.02. The van der Waals surface area contributed by atoms with Gasteiger partial charge in [0.25, 0.3) is 5.91 Å². The number of carbonyl (C=O) groups excluding carboxylic acids is 2. The molecular formula is C16H14N4O2S3. The summed E-state index contributed by atoms with van der Waals surface area (Å²) in [5.74, 6) is -0.0969. The number of amides is 2. The smallest absolute Gasteiger partial charge is 0.267 e. The van der Waals surface area contributed by atoms with Crippen molar-refractivity contribution in [2.24, 2.45) is 0 Å². The van der Waals surface area contributed by atoms with Crippen molar-refractivity contribution in [3.8, 4) is 0 Å². The largest absolute Gasteiger partial charge is 0.325 e. The molecule has 2 amide bonds. The Morgan fingerprint density at radius 2 is 1.96 bits per heavy atom. The molecule has 1 aromatic carbocycles. The van der Waals surface area contributed by atoms with E-state index in [1.807, 2.05) is 48.7 Å². The topological polar surface area (TPSA) is 84.0 Å². The number of thiophene rings is 1. The van der Waals surface area contributed by atoms with Crippen LogP contribution in [0.25, 0.3) is 0 Å².